The van der Waals surface area contributed by atoms with E-state index in [2.05, 4.69) is 39.2 Å². The highest BCUT2D eigenvalue weighted by atomic mass is 28.4. The number of rotatable bonds is 8. The average Bonchev–Trinajstić information content (AvgIpc) is 3.11. The Bertz CT molecular complexity index is 954. The lowest BCUT2D eigenvalue weighted by molar-refractivity contribution is -0.384. The third kappa shape index (κ3) is 9.30. The molecule has 2 amide bonds. The first kappa shape index (κ1) is 30.6. The molecular weight excluding hydrogens is 494 g/mol. The summed E-state index contributed by atoms with van der Waals surface area (Å²) in [5.41, 5.74) is 0.000581. The van der Waals surface area contributed by atoms with E-state index >= 15 is 0 Å². The summed E-state index contributed by atoms with van der Waals surface area (Å²) in [4.78, 5) is 37.4. The molecular formula is C26H43N3O7Si. The molecule has 1 heterocycles. The fourth-order valence-electron chi connectivity index (χ4n) is 3.89. The Morgan fingerprint density at radius 3 is 2.27 bits per heavy atom. The van der Waals surface area contributed by atoms with Crippen molar-refractivity contribution in [1.29, 1.82) is 0 Å². The molecule has 1 saturated heterocycles. The maximum absolute atomic E-state index is 13.0. The Hall–Kier alpha value is -2.66. The third-order valence-corrected chi connectivity index (χ3v) is 11.3. The van der Waals surface area contributed by atoms with Gasteiger partial charge in [0.2, 0.25) is 0 Å². The normalized spacial score (nSPS) is 19.3. The molecule has 0 aromatic heterocycles. The Morgan fingerprint density at radius 2 is 1.76 bits per heavy atom. The molecule has 10 nitrogen and oxygen atoms in total. The molecule has 1 aromatic rings. The van der Waals surface area contributed by atoms with E-state index < -0.39 is 24.9 Å². The Kier molecular flexibility index (Phi) is 9.75. The van der Waals surface area contributed by atoms with E-state index in [1.165, 1.54) is 12.1 Å². The molecule has 2 rings (SSSR count). The van der Waals surface area contributed by atoms with Crippen LogP contribution in [0.25, 0.3) is 0 Å². The van der Waals surface area contributed by atoms with Crippen LogP contribution in [0.5, 0.6) is 0 Å². The van der Waals surface area contributed by atoms with E-state index in [4.69, 9.17) is 13.9 Å². The van der Waals surface area contributed by atoms with Gasteiger partial charge in [-0.25, -0.2) is 9.59 Å². The van der Waals surface area contributed by atoms with Crippen LogP contribution in [0.1, 0.15) is 66.9 Å². The number of nitrogens with one attached hydrogen (secondary N) is 1. The van der Waals surface area contributed by atoms with E-state index in [1.54, 1.807) is 17.0 Å². The van der Waals surface area contributed by atoms with Crippen molar-refractivity contribution in [3.8, 4) is 0 Å². The van der Waals surface area contributed by atoms with Gasteiger partial charge in [0, 0.05) is 30.8 Å². The highest BCUT2D eigenvalue weighted by Gasteiger charge is 2.44. The number of nitrogens with zero attached hydrogens (tertiary/aromatic N) is 2. The summed E-state index contributed by atoms with van der Waals surface area (Å²) in [5, 5.41) is 13.6. The summed E-state index contributed by atoms with van der Waals surface area (Å²) in [6.45, 7) is 18.8. The van der Waals surface area contributed by atoms with Crippen LogP contribution in [0, 0.1) is 10.1 Å². The fourth-order valence-corrected chi connectivity index (χ4v) is 5.25. The second-order valence-electron chi connectivity index (χ2n) is 12.3. The molecule has 1 aromatic carbocycles. The van der Waals surface area contributed by atoms with Crippen LogP contribution in [-0.4, -0.2) is 60.7 Å². The first-order valence-corrected chi connectivity index (χ1v) is 15.6. The molecule has 0 saturated carbocycles. The number of carbonyl (C=O) groups excluding carboxylic acids is 2. The number of hydrogen-bond donors (Lipinski definition) is 1. The first-order valence-electron chi connectivity index (χ1n) is 12.7. The van der Waals surface area contributed by atoms with Gasteiger partial charge in [0.15, 0.2) is 8.32 Å². The van der Waals surface area contributed by atoms with Crippen LogP contribution >= 0.6 is 0 Å². The Morgan fingerprint density at radius 1 is 1.16 bits per heavy atom. The second-order valence-corrected chi connectivity index (χ2v) is 17.1. The zero-order chi connectivity index (χ0) is 28.2. The molecule has 3 unspecified atom stereocenters. The lowest BCUT2D eigenvalue weighted by Crippen LogP contribution is -2.45. The summed E-state index contributed by atoms with van der Waals surface area (Å²) in [6.07, 6.45) is 0.104. The summed E-state index contributed by atoms with van der Waals surface area (Å²) in [6, 6.07) is 5.41. The lowest BCUT2D eigenvalue weighted by atomic mass is 10.1. The van der Waals surface area contributed by atoms with Crippen molar-refractivity contribution >= 4 is 26.2 Å². The van der Waals surface area contributed by atoms with E-state index in [-0.39, 0.29) is 41.6 Å². The molecule has 0 aliphatic carbocycles. The minimum atomic E-state index is -2.04. The zero-order valence-corrected chi connectivity index (χ0v) is 24.6. The number of likely N-dealkylation sites (tertiary alicyclic amines) is 1. The quantitative estimate of drug-likeness (QED) is 0.245. The van der Waals surface area contributed by atoms with Crippen molar-refractivity contribution in [3.05, 3.63) is 39.9 Å². The number of amides is 2. The predicted octanol–water partition coefficient (Wildman–Crippen LogP) is 6.00. The van der Waals surface area contributed by atoms with Crippen molar-refractivity contribution in [2.24, 2.45) is 0 Å². The molecule has 208 valence electrons. The van der Waals surface area contributed by atoms with E-state index in [9.17, 15) is 19.7 Å². The predicted molar refractivity (Wildman–Crippen MR) is 144 cm³/mol. The van der Waals surface area contributed by atoms with Crippen LogP contribution in [0.2, 0.25) is 18.1 Å². The number of nitro benzene ring substituents is 1. The topological polar surface area (TPSA) is 120 Å². The van der Waals surface area contributed by atoms with Gasteiger partial charge in [0.25, 0.3) is 5.69 Å². The SMILES string of the molecule is CC(CC1CC(O[Si](C)(C)C(C)(C)C)CN1C(=O)OC(C)(C)C)NC(=O)OCc1ccc([N+](=O)[O-])cc1. The smallest absolute Gasteiger partial charge is 0.410 e. The number of benzene rings is 1. The molecule has 3 atom stereocenters. The van der Waals surface area contributed by atoms with Crippen molar-refractivity contribution < 1.29 is 28.4 Å². The van der Waals surface area contributed by atoms with E-state index in [0.29, 0.717) is 24.9 Å². The molecule has 0 spiro atoms. The average molecular weight is 538 g/mol. The summed E-state index contributed by atoms with van der Waals surface area (Å²) < 4.78 is 17.6. The zero-order valence-electron chi connectivity index (χ0n) is 23.6. The molecule has 11 heteroatoms. The second kappa shape index (κ2) is 11.8. The summed E-state index contributed by atoms with van der Waals surface area (Å²) >= 11 is 0. The van der Waals surface area contributed by atoms with Gasteiger partial charge in [0.1, 0.15) is 12.2 Å². The van der Waals surface area contributed by atoms with Gasteiger partial charge in [0.05, 0.1) is 11.0 Å². The van der Waals surface area contributed by atoms with Gasteiger partial charge in [-0.3, -0.25) is 10.1 Å². The van der Waals surface area contributed by atoms with Crippen LogP contribution in [-0.2, 0) is 20.5 Å². The largest absolute Gasteiger partial charge is 0.445 e. The minimum absolute atomic E-state index is 0.00750. The van der Waals surface area contributed by atoms with Gasteiger partial charge in [-0.05, 0) is 76.4 Å². The monoisotopic (exact) mass is 537 g/mol. The maximum atomic E-state index is 13.0. The molecule has 37 heavy (non-hydrogen) atoms. The number of ether oxygens (including phenoxy) is 2. The van der Waals surface area contributed by atoms with Crippen LogP contribution in [0.15, 0.2) is 24.3 Å². The van der Waals surface area contributed by atoms with Gasteiger partial charge in [-0.1, -0.05) is 20.8 Å². The standard InChI is InChI=1S/C26H43N3O7Si/c1-18(27-23(30)34-17-19-10-12-20(13-11-19)29(32)33)14-21-15-22(36-37(8,9)26(5,6)7)16-28(21)24(31)35-25(2,3)4/h10-13,18,21-22H,14-17H2,1-9H3,(H,27,30). The van der Waals surface area contributed by atoms with Crippen molar-refractivity contribution in [2.45, 2.75) is 110 Å². The Balaban J connectivity index is 1.99. The summed E-state index contributed by atoms with van der Waals surface area (Å²) in [5.74, 6) is 0. The number of carbonyl (C=O) groups is 2. The van der Waals surface area contributed by atoms with Gasteiger partial charge < -0.3 is 24.1 Å². The van der Waals surface area contributed by atoms with Crippen molar-refractivity contribution in [3.63, 3.8) is 0 Å². The van der Waals surface area contributed by atoms with Gasteiger partial charge >= 0.3 is 12.2 Å². The number of nitro groups is 1. The van der Waals surface area contributed by atoms with Crippen LogP contribution < -0.4 is 5.32 Å². The van der Waals surface area contributed by atoms with Crippen LogP contribution in [0.4, 0.5) is 15.3 Å². The highest BCUT2D eigenvalue weighted by molar-refractivity contribution is 6.74. The molecule has 0 radical (unpaired) electrons. The molecule has 1 aliphatic rings. The maximum Gasteiger partial charge on any atom is 0.410 e. The molecule has 1 fully saturated rings. The minimum Gasteiger partial charge on any atom is -0.445 e. The van der Waals surface area contributed by atoms with Gasteiger partial charge in [-0.2, -0.15) is 0 Å². The molecule has 1 N–H and O–H groups in total. The molecule has 0 bridgehead atoms. The molecule has 1 aliphatic heterocycles. The van der Waals surface area contributed by atoms with Gasteiger partial charge in [-0.15, -0.1) is 0 Å². The fraction of sp³-hybridized carbons (Fsp3) is 0.692. The number of non-ortho nitro benzene ring substituents is 1. The van der Waals surface area contributed by atoms with Crippen molar-refractivity contribution in [1.82, 2.24) is 10.2 Å². The van der Waals surface area contributed by atoms with E-state index in [1.807, 2.05) is 27.7 Å². The highest BCUT2D eigenvalue weighted by Crippen LogP contribution is 2.39. The van der Waals surface area contributed by atoms with Crippen LogP contribution in [0.3, 0.4) is 0 Å². The lowest BCUT2D eigenvalue weighted by Gasteiger charge is -2.38. The third-order valence-electron chi connectivity index (χ3n) is 6.78. The Labute approximate surface area is 221 Å². The number of alkyl carbamates (subject to hydrolysis) is 1. The van der Waals surface area contributed by atoms with E-state index in [0.717, 1.165) is 0 Å². The number of hydrogen-bond acceptors (Lipinski definition) is 7. The van der Waals surface area contributed by atoms with Crippen molar-refractivity contribution in [2.75, 3.05) is 6.54 Å². The first-order chi connectivity index (χ1) is 16.9. The summed E-state index contributed by atoms with van der Waals surface area (Å²) in [7, 11) is -2.04.